The molecule has 0 saturated carbocycles. The van der Waals surface area contributed by atoms with Gasteiger partial charge in [0.15, 0.2) is 6.20 Å². The van der Waals surface area contributed by atoms with Gasteiger partial charge in [-0.1, -0.05) is 30.3 Å². The molecule has 0 aliphatic carbocycles. The largest absolute Gasteiger partial charge is 0.618 e. The molecule has 0 fully saturated rings. The number of amides is 1. The van der Waals surface area contributed by atoms with Crippen molar-refractivity contribution in [1.82, 2.24) is 5.32 Å². The molecular formula is C16H18N2O2S. The maximum atomic E-state index is 12.4. The monoisotopic (exact) mass is 302 g/mol. The van der Waals surface area contributed by atoms with Gasteiger partial charge in [0, 0.05) is 18.2 Å². The van der Waals surface area contributed by atoms with Crippen molar-refractivity contribution in [2.45, 2.75) is 30.2 Å². The van der Waals surface area contributed by atoms with Crippen LogP contribution in [0.4, 0.5) is 0 Å². The van der Waals surface area contributed by atoms with Gasteiger partial charge in [-0.05, 0) is 37.2 Å². The van der Waals surface area contributed by atoms with Gasteiger partial charge in [-0.15, -0.1) is 0 Å². The van der Waals surface area contributed by atoms with Gasteiger partial charge in [-0.25, -0.2) is 0 Å². The van der Waals surface area contributed by atoms with Crippen molar-refractivity contribution in [2.75, 3.05) is 0 Å². The van der Waals surface area contributed by atoms with Crippen LogP contribution in [0.5, 0.6) is 0 Å². The van der Waals surface area contributed by atoms with Crippen LogP contribution in [0.25, 0.3) is 0 Å². The summed E-state index contributed by atoms with van der Waals surface area (Å²) in [6.07, 6.45) is 1.44. The third kappa shape index (κ3) is 4.23. The van der Waals surface area contributed by atoms with E-state index in [1.165, 1.54) is 18.0 Å². The van der Waals surface area contributed by atoms with Crippen molar-refractivity contribution in [3.05, 3.63) is 65.5 Å². The summed E-state index contributed by atoms with van der Waals surface area (Å²) in [4.78, 5) is 12.4. The minimum Gasteiger partial charge on any atom is -0.618 e. The van der Waals surface area contributed by atoms with Crippen LogP contribution in [0.3, 0.4) is 0 Å². The van der Waals surface area contributed by atoms with Crippen LogP contribution in [-0.4, -0.2) is 11.9 Å². The molecule has 0 spiro atoms. The molecule has 0 aliphatic heterocycles. The minimum absolute atomic E-state index is 0.0551. The molecule has 4 nitrogen and oxygen atoms in total. The van der Waals surface area contributed by atoms with Crippen molar-refractivity contribution in [3.63, 3.8) is 0 Å². The van der Waals surface area contributed by atoms with E-state index < -0.39 is 5.25 Å². The zero-order valence-corrected chi connectivity index (χ0v) is 12.8. The first-order valence-corrected chi connectivity index (χ1v) is 7.66. The van der Waals surface area contributed by atoms with E-state index >= 15 is 0 Å². The predicted molar refractivity (Wildman–Crippen MR) is 83.7 cm³/mol. The van der Waals surface area contributed by atoms with Crippen LogP contribution in [0.15, 0.2) is 59.8 Å². The van der Waals surface area contributed by atoms with Crippen LogP contribution in [-0.2, 0) is 4.79 Å². The highest BCUT2D eigenvalue weighted by atomic mass is 32.2. The number of rotatable bonds is 5. The number of nitrogens with one attached hydrogen (secondary N) is 1. The molecule has 0 radical (unpaired) electrons. The SMILES string of the molecule is CC(C)NC(=O)[C@H](Sc1cccc[n+]1[O-])c1ccccc1. The quantitative estimate of drug-likeness (QED) is 0.525. The van der Waals surface area contributed by atoms with Gasteiger partial charge < -0.3 is 10.5 Å². The first-order valence-electron chi connectivity index (χ1n) is 6.78. The molecule has 1 amide bonds. The first kappa shape index (κ1) is 15.4. The Labute approximate surface area is 128 Å². The summed E-state index contributed by atoms with van der Waals surface area (Å²) in [6.45, 7) is 3.84. The molecule has 1 aromatic heterocycles. The predicted octanol–water partition coefficient (Wildman–Crippen LogP) is 2.68. The number of pyridine rings is 1. The molecule has 2 aromatic rings. The Balaban J connectivity index is 2.28. The molecule has 0 unspecified atom stereocenters. The molecule has 1 heterocycles. The Morgan fingerprint density at radius 2 is 1.81 bits per heavy atom. The Kier molecular flexibility index (Phi) is 5.22. The van der Waals surface area contributed by atoms with Gasteiger partial charge in [-0.2, -0.15) is 4.73 Å². The van der Waals surface area contributed by atoms with Gasteiger partial charge in [0.1, 0.15) is 5.25 Å². The van der Waals surface area contributed by atoms with E-state index in [9.17, 15) is 10.0 Å². The van der Waals surface area contributed by atoms with E-state index in [4.69, 9.17) is 0 Å². The molecular weight excluding hydrogens is 284 g/mol. The van der Waals surface area contributed by atoms with Crippen LogP contribution in [0.2, 0.25) is 0 Å². The molecule has 0 bridgehead atoms. The maximum Gasteiger partial charge on any atom is 0.252 e. The number of hydrogen-bond donors (Lipinski definition) is 1. The van der Waals surface area contributed by atoms with E-state index in [1.54, 1.807) is 18.2 Å². The lowest BCUT2D eigenvalue weighted by Gasteiger charge is -2.17. The molecule has 1 aromatic carbocycles. The van der Waals surface area contributed by atoms with Crippen LogP contribution >= 0.6 is 11.8 Å². The van der Waals surface area contributed by atoms with E-state index in [1.807, 2.05) is 44.2 Å². The first-order chi connectivity index (χ1) is 10.1. The fourth-order valence-electron chi connectivity index (χ4n) is 1.89. The van der Waals surface area contributed by atoms with E-state index in [-0.39, 0.29) is 11.9 Å². The smallest absolute Gasteiger partial charge is 0.252 e. The van der Waals surface area contributed by atoms with Gasteiger partial charge in [0.2, 0.25) is 5.91 Å². The van der Waals surface area contributed by atoms with Crippen LogP contribution < -0.4 is 10.0 Å². The number of thioether (sulfide) groups is 1. The summed E-state index contributed by atoms with van der Waals surface area (Å²) in [5.41, 5.74) is 0.879. The van der Waals surface area contributed by atoms with Crippen molar-refractivity contribution in [3.8, 4) is 0 Å². The van der Waals surface area contributed by atoms with Gasteiger partial charge in [-0.3, -0.25) is 4.79 Å². The lowest BCUT2D eigenvalue weighted by Crippen LogP contribution is -2.35. The number of carbonyl (C=O) groups excluding carboxylic acids is 1. The molecule has 21 heavy (non-hydrogen) atoms. The second kappa shape index (κ2) is 7.13. The van der Waals surface area contributed by atoms with Gasteiger partial charge >= 0.3 is 0 Å². The normalized spacial score (nSPS) is 12.1. The fraction of sp³-hybridized carbons (Fsp3) is 0.250. The second-order valence-electron chi connectivity index (χ2n) is 4.94. The molecule has 1 atom stereocenters. The minimum atomic E-state index is -0.448. The summed E-state index contributed by atoms with van der Waals surface area (Å²) in [5.74, 6) is -0.0925. The molecule has 110 valence electrons. The maximum absolute atomic E-state index is 12.4. The molecule has 0 aliphatic rings. The average Bonchev–Trinajstić information content (AvgIpc) is 2.46. The zero-order valence-electron chi connectivity index (χ0n) is 12.0. The van der Waals surface area contributed by atoms with Crippen molar-refractivity contribution in [1.29, 1.82) is 0 Å². The number of hydrogen-bond acceptors (Lipinski definition) is 3. The molecule has 5 heteroatoms. The second-order valence-corrected chi connectivity index (χ2v) is 6.06. The van der Waals surface area contributed by atoms with Crippen molar-refractivity contribution < 1.29 is 9.52 Å². The number of nitrogens with zero attached hydrogens (tertiary/aromatic N) is 1. The Bertz CT molecular complexity index is 602. The summed E-state index contributed by atoms with van der Waals surface area (Å²) in [6, 6.07) is 14.7. The highest BCUT2D eigenvalue weighted by Gasteiger charge is 2.25. The molecule has 0 saturated heterocycles. The molecule has 2 rings (SSSR count). The Morgan fingerprint density at radius 3 is 2.43 bits per heavy atom. The van der Waals surface area contributed by atoms with E-state index in [0.29, 0.717) is 5.03 Å². The van der Waals surface area contributed by atoms with Gasteiger partial charge in [0.05, 0.1) is 0 Å². The highest BCUT2D eigenvalue weighted by Crippen LogP contribution is 2.33. The summed E-state index contributed by atoms with van der Waals surface area (Å²) >= 11 is 1.26. The zero-order chi connectivity index (χ0) is 15.2. The number of carbonyl (C=O) groups is 1. The van der Waals surface area contributed by atoms with Crippen LogP contribution in [0, 0.1) is 5.21 Å². The number of benzene rings is 1. The third-order valence-electron chi connectivity index (χ3n) is 2.80. The highest BCUT2D eigenvalue weighted by molar-refractivity contribution is 8.00. The van der Waals surface area contributed by atoms with Crippen LogP contribution in [0.1, 0.15) is 24.7 Å². The third-order valence-corrected chi connectivity index (χ3v) is 4.08. The van der Waals surface area contributed by atoms with E-state index in [0.717, 1.165) is 10.3 Å². The standard InChI is InChI=1S/C16H18N2O2S/c1-12(2)17-16(19)15(13-8-4-3-5-9-13)21-14-10-6-7-11-18(14)20/h3-12,15H,1-2H3,(H,17,19)/t15-/m1/s1. The lowest BCUT2D eigenvalue weighted by atomic mass is 10.1. The molecule has 1 N–H and O–H groups in total. The average molecular weight is 302 g/mol. The van der Waals surface area contributed by atoms with Crippen molar-refractivity contribution in [2.24, 2.45) is 0 Å². The van der Waals surface area contributed by atoms with Crippen molar-refractivity contribution >= 4 is 17.7 Å². The summed E-state index contributed by atoms with van der Waals surface area (Å²) in [7, 11) is 0. The summed E-state index contributed by atoms with van der Waals surface area (Å²) in [5, 5.41) is 14.8. The Hall–Kier alpha value is -2.01. The van der Waals surface area contributed by atoms with Gasteiger partial charge in [0.25, 0.3) is 5.03 Å². The fourth-order valence-corrected chi connectivity index (χ4v) is 2.92. The summed E-state index contributed by atoms with van der Waals surface area (Å²) < 4.78 is 0.781. The van der Waals surface area contributed by atoms with E-state index in [2.05, 4.69) is 5.32 Å². The lowest BCUT2D eigenvalue weighted by molar-refractivity contribution is -0.645. The number of aromatic nitrogens is 1. The topological polar surface area (TPSA) is 56.0 Å². The Morgan fingerprint density at radius 1 is 1.14 bits per heavy atom.